The summed E-state index contributed by atoms with van der Waals surface area (Å²) in [5, 5.41) is 0. The molecule has 0 radical (unpaired) electrons. The summed E-state index contributed by atoms with van der Waals surface area (Å²) in [6, 6.07) is 10.5. The van der Waals surface area contributed by atoms with E-state index in [0.29, 0.717) is 56.1 Å². The molecule has 0 atom stereocenters. The van der Waals surface area contributed by atoms with Gasteiger partial charge in [-0.25, -0.2) is 9.97 Å². The van der Waals surface area contributed by atoms with Crippen LogP contribution < -0.4 is 19.4 Å². The Morgan fingerprint density at radius 1 is 0.929 bits per heavy atom. The number of alkyl halides is 3. The number of rotatable bonds is 6. The van der Waals surface area contributed by atoms with Crippen molar-refractivity contribution in [3.63, 3.8) is 0 Å². The molecule has 2 aromatic carbocycles. The lowest BCUT2D eigenvalue weighted by Crippen LogP contribution is -2.52. The Morgan fingerprint density at radius 2 is 1.67 bits per heavy atom. The molecule has 0 N–H and O–H groups in total. The molecular formula is C30H31F3N6O3. The second-order valence-electron chi connectivity index (χ2n) is 10.6. The minimum absolute atomic E-state index is 0.0232. The maximum absolute atomic E-state index is 14.0. The van der Waals surface area contributed by atoms with Gasteiger partial charge in [-0.3, -0.25) is 9.59 Å². The van der Waals surface area contributed by atoms with Gasteiger partial charge in [0.05, 0.1) is 36.7 Å². The van der Waals surface area contributed by atoms with Crippen LogP contribution in [-0.4, -0.2) is 72.6 Å². The molecular weight excluding hydrogens is 549 g/mol. The quantitative estimate of drug-likeness (QED) is 0.440. The first kappa shape index (κ1) is 27.8. The Morgan fingerprint density at radius 3 is 2.38 bits per heavy atom. The highest BCUT2D eigenvalue weighted by Crippen LogP contribution is 2.40. The number of benzene rings is 2. The van der Waals surface area contributed by atoms with E-state index in [1.807, 2.05) is 36.1 Å². The van der Waals surface area contributed by atoms with E-state index in [0.717, 1.165) is 16.9 Å². The lowest BCUT2D eigenvalue weighted by atomic mass is 9.91. The SMILES string of the molecule is CCOc1ncc(N2CCc3c(C(F)(F)F)ccc(N4CCN(C(=O)CN5C(=O)Cc6ccccc65)CC4)c3C2)cn1. The van der Waals surface area contributed by atoms with Gasteiger partial charge < -0.3 is 24.3 Å². The number of fused-ring (bicyclic) bond motifs is 2. The van der Waals surface area contributed by atoms with Gasteiger partial charge >= 0.3 is 12.2 Å². The Labute approximate surface area is 241 Å². The lowest BCUT2D eigenvalue weighted by Gasteiger charge is -2.40. The molecule has 6 rings (SSSR count). The molecule has 1 saturated heterocycles. The fourth-order valence-corrected chi connectivity index (χ4v) is 6.04. The molecule has 2 amide bonds. The Balaban J connectivity index is 1.18. The summed E-state index contributed by atoms with van der Waals surface area (Å²) < 4.78 is 47.3. The average molecular weight is 581 g/mol. The molecule has 3 aliphatic rings. The van der Waals surface area contributed by atoms with Crippen LogP contribution in [0.1, 0.15) is 29.2 Å². The zero-order valence-corrected chi connectivity index (χ0v) is 23.2. The third kappa shape index (κ3) is 5.33. The monoisotopic (exact) mass is 580 g/mol. The van der Waals surface area contributed by atoms with E-state index in [-0.39, 0.29) is 43.8 Å². The van der Waals surface area contributed by atoms with Crippen molar-refractivity contribution >= 4 is 28.9 Å². The second-order valence-corrected chi connectivity index (χ2v) is 10.6. The zero-order valence-electron chi connectivity index (χ0n) is 23.2. The third-order valence-electron chi connectivity index (χ3n) is 8.14. The minimum atomic E-state index is -4.45. The third-order valence-corrected chi connectivity index (χ3v) is 8.14. The summed E-state index contributed by atoms with van der Waals surface area (Å²) in [7, 11) is 0. The van der Waals surface area contributed by atoms with Crippen LogP contribution in [0.5, 0.6) is 6.01 Å². The Bertz CT molecular complexity index is 1490. The van der Waals surface area contributed by atoms with Gasteiger partial charge in [-0.2, -0.15) is 13.2 Å². The summed E-state index contributed by atoms with van der Waals surface area (Å²) in [6.07, 6.45) is -0.677. The Hall–Kier alpha value is -4.35. The predicted molar refractivity (Wildman–Crippen MR) is 151 cm³/mol. The lowest BCUT2D eigenvalue weighted by molar-refractivity contribution is -0.138. The topological polar surface area (TPSA) is 82.1 Å². The summed E-state index contributed by atoms with van der Waals surface area (Å²) in [4.78, 5) is 41.4. The molecule has 1 fully saturated rings. The summed E-state index contributed by atoms with van der Waals surface area (Å²) in [5.41, 5.74) is 3.47. The normalized spacial score (nSPS) is 16.9. The van der Waals surface area contributed by atoms with E-state index in [1.165, 1.54) is 11.0 Å². The number of nitrogens with zero attached hydrogens (tertiary/aromatic N) is 6. The number of hydrogen-bond donors (Lipinski definition) is 0. The number of para-hydroxylation sites is 1. The van der Waals surface area contributed by atoms with Crippen LogP contribution in [-0.2, 0) is 35.2 Å². The highest BCUT2D eigenvalue weighted by Gasteiger charge is 2.38. The van der Waals surface area contributed by atoms with Crippen LogP contribution >= 0.6 is 0 Å². The molecule has 0 aliphatic carbocycles. The molecule has 0 bridgehead atoms. The van der Waals surface area contributed by atoms with Gasteiger partial charge in [0.25, 0.3) is 0 Å². The van der Waals surface area contributed by atoms with Crippen molar-refractivity contribution in [3.8, 4) is 6.01 Å². The van der Waals surface area contributed by atoms with Gasteiger partial charge in [0.1, 0.15) is 6.54 Å². The van der Waals surface area contributed by atoms with Crippen LogP contribution in [0.2, 0.25) is 0 Å². The first-order valence-electron chi connectivity index (χ1n) is 14.1. The number of carbonyl (C=O) groups excluding carboxylic acids is 2. The summed E-state index contributed by atoms with van der Waals surface area (Å²) in [5.74, 6) is -0.238. The largest absolute Gasteiger partial charge is 0.464 e. The second kappa shape index (κ2) is 11.1. The van der Waals surface area contributed by atoms with Crippen molar-refractivity contribution in [1.82, 2.24) is 14.9 Å². The summed E-state index contributed by atoms with van der Waals surface area (Å²) >= 11 is 0. The van der Waals surface area contributed by atoms with Gasteiger partial charge in [0.2, 0.25) is 11.8 Å². The van der Waals surface area contributed by atoms with Gasteiger partial charge in [0, 0.05) is 50.6 Å². The number of piperazine rings is 1. The van der Waals surface area contributed by atoms with Crippen molar-refractivity contribution in [3.05, 3.63) is 71.0 Å². The van der Waals surface area contributed by atoms with Crippen LogP contribution in [0, 0.1) is 0 Å². The maximum atomic E-state index is 14.0. The number of aromatic nitrogens is 2. The minimum Gasteiger partial charge on any atom is -0.464 e. The van der Waals surface area contributed by atoms with Crippen molar-refractivity contribution in [1.29, 1.82) is 0 Å². The first-order valence-corrected chi connectivity index (χ1v) is 14.1. The number of halogens is 3. The highest BCUT2D eigenvalue weighted by atomic mass is 19.4. The highest BCUT2D eigenvalue weighted by molar-refractivity contribution is 6.05. The van der Waals surface area contributed by atoms with Crippen LogP contribution in [0.15, 0.2) is 48.8 Å². The molecule has 4 heterocycles. The van der Waals surface area contributed by atoms with E-state index in [9.17, 15) is 22.8 Å². The fraction of sp³-hybridized carbons (Fsp3) is 0.400. The van der Waals surface area contributed by atoms with Crippen LogP contribution in [0.4, 0.5) is 30.2 Å². The average Bonchev–Trinajstić information content (AvgIpc) is 3.31. The molecule has 3 aromatic rings. The number of hydrogen-bond acceptors (Lipinski definition) is 7. The molecule has 42 heavy (non-hydrogen) atoms. The van der Waals surface area contributed by atoms with Gasteiger partial charge in [-0.05, 0) is 48.2 Å². The van der Waals surface area contributed by atoms with Gasteiger partial charge in [-0.15, -0.1) is 0 Å². The van der Waals surface area contributed by atoms with E-state index >= 15 is 0 Å². The number of anilines is 3. The van der Waals surface area contributed by atoms with E-state index in [1.54, 1.807) is 23.4 Å². The van der Waals surface area contributed by atoms with Crippen molar-refractivity contribution in [2.24, 2.45) is 0 Å². The molecule has 12 heteroatoms. The van der Waals surface area contributed by atoms with E-state index in [4.69, 9.17) is 4.74 Å². The zero-order chi connectivity index (χ0) is 29.4. The summed E-state index contributed by atoms with van der Waals surface area (Å²) in [6.45, 7) is 4.69. The smallest absolute Gasteiger partial charge is 0.416 e. The fourth-order valence-electron chi connectivity index (χ4n) is 6.04. The maximum Gasteiger partial charge on any atom is 0.416 e. The molecule has 0 unspecified atom stereocenters. The number of amides is 2. The number of ether oxygens (including phenoxy) is 1. The molecule has 3 aliphatic heterocycles. The molecule has 0 saturated carbocycles. The molecule has 220 valence electrons. The van der Waals surface area contributed by atoms with Gasteiger partial charge in [0.15, 0.2) is 0 Å². The molecule has 9 nitrogen and oxygen atoms in total. The van der Waals surface area contributed by atoms with Crippen molar-refractivity contribution < 1.29 is 27.5 Å². The van der Waals surface area contributed by atoms with Crippen LogP contribution in [0.25, 0.3) is 0 Å². The van der Waals surface area contributed by atoms with Gasteiger partial charge in [-0.1, -0.05) is 18.2 Å². The van der Waals surface area contributed by atoms with Crippen molar-refractivity contribution in [2.45, 2.75) is 32.5 Å². The number of carbonyl (C=O) groups is 2. The molecule has 0 spiro atoms. The predicted octanol–water partition coefficient (Wildman–Crippen LogP) is 3.69. The first-order chi connectivity index (χ1) is 20.2. The van der Waals surface area contributed by atoms with Crippen molar-refractivity contribution in [2.75, 3.05) is 60.6 Å². The van der Waals surface area contributed by atoms with E-state index < -0.39 is 11.7 Å². The Kier molecular flexibility index (Phi) is 7.38. The van der Waals surface area contributed by atoms with E-state index in [2.05, 4.69) is 14.9 Å². The molecule has 1 aromatic heterocycles. The standard InChI is InChI=1S/C30H31F3N6O3/c1-2-42-29-34-16-21(17-35-29)38-10-9-22-23(18-38)26(8-7-24(22)30(31,32)33)36-11-13-37(14-12-36)28(41)19-39-25-6-4-3-5-20(25)15-27(39)40/h3-8,16-17H,2,9-15,18-19H2,1H3. The van der Waals surface area contributed by atoms with Crippen LogP contribution in [0.3, 0.4) is 0 Å².